The molecule has 0 unspecified atom stereocenters. The first-order chi connectivity index (χ1) is 12.6. The maximum absolute atomic E-state index is 13.0. The van der Waals surface area contributed by atoms with Crippen LogP contribution in [0, 0.1) is 11.3 Å². The van der Waals surface area contributed by atoms with Gasteiger partial charge in [-0.1, -0.05) is 18.2 Å². The van der Waals surface area contributed by atoms with Gasteiger partial charge in [0.05, 0.1) is 23.1 Å². The summed E-state index contributed by atoms with van der Waals surface area (Å²) >= 11 is 1.25. The number of sulfonamides is 1. The zero-order chi connectivity index (χ0) is 18.4. The average Bonchev–Trinajstić information content (AvgIpc) is 3.20. The molecule has 3 aromatic rings. The van der Waals surface area contributed by atoms with Gasteiger partial charge in [0.1, 0.15) is 12.4 Å². The second-order valence-corrected chi connectivity index (χ2v) is 7.92. The molecule has 0 atom stereocenters. The monoisotopic (exact) mass is 385 g/mol. The molecule has 0 saturated heterocycles. The summed E-state index contributed by atoms with van der Waals surface area (Å²) in [7, 11) is -3.73. The van der Waals surface area contributed by atoms with Gasteiger partial charge in [-0.25, -0.2) is 17.7 Å². The quantitative estimate of drug-likeness (QED) is 0.623. The van der Waals surface area contributed by atoms with E-state index in [1.807, 2.05) is 6.07 Å². The van der Waals surface area contributed by atoms with Crippen molar-refractivity contribution in [2.24, 2.45) is 0 Å². The number of nitrogens with zero attached hydrogens (tertiary/aromatic N) is 3. The topological polar surface area (TPSA) is 83.3 Å². The van der Waals surface area contributed by atoms with Crippen molar-refractivity contribution in [2.75, 3.05) is 17.5 Å². The van der Waals surface area contributed by atoms with Crippen LogP contribution in [0.15, 0.2) is 71.1 Å². The third-order valence-electron chi connectivity index (χ3n) is 3.51. The van der Waals surface area contributed by atoms with E-state index < -0.39 is 10.0 Å². The summed E-state index contributed by atoms with van der Waals surface area (Å²) < 4.78 is 32.8. The van der Waals surface area contributed by atoms with E-state index in [0.717, 1.165) is 0 Å². The van der Waals surface area contributed by atoms with Crippen LogP contribution < -0.4 is 9.04 Å². The second-order valence-electron chi connectivity index (χ2n) is 5.19. The first-order valence-electron chi connectivity index (χ1n) is 7.71. The molecule has 0 spiro atoms. The molecule has 1 aromatic heterocycles. The second kappa shape index (κ2) is 7.99. The molecular weight excluding hydrogens is 370 g/mol. The first kappa shape index (κ1) is 17.9. The molecule has 3 rings (SSSR count). The number of anilines is 1. The van der Waals surface area contributed by atoms with Crippen LogP contribution >= 0.6 is 11.3 Å². The van der Waals surface area contributed by atoms with Crippen molar-refractivity contribution in [1.29, 1.82) is 5.26 Å². The Balaban J connectivity index is 1.76. The van der Waals surface area contributed by atoms with Crippen LogP contribution in [0.5, 0.6) is 5.75 Å². The SMILES string of the molecule is N#Cc1ccc(OCCN(c2nccs2)S(=O)(=O)c2ccccc2)cc1. The zero-order valence-corrected chi connectivity index (χ0v) is 15.3. The van der Waals surface area contributed by atoms with Crippen LogP contribution in [0.3, 0.4) is 0 Å². The van der Waals surface area contributed by atoms with Crippen molar-refractivity contribution < 1.29 is 13.2 Å². The van der Waals surface area contributed by atoms with Gasteiger partial charge in [0.2, 0.25) is 0 Å². The Bertz CT molecular complexity index is 980. The van der Waals surface area contributed by atoms with Gasteiger partial charge in [0, 0.05) is 11.6 Å². The smallest absolute Gasteiger partial charge is 0.266 e. The molecule has 0 aliphatic carbocycles. The van der Waals surface area contributed by atoms with Gasteiger partial charge in [-0.2, -0.15) is 5.26 Å². The van der Waals surface area contributed by atoms with Gasteiger partial charge in [-0.05, 0) is 36.4 Å². The Morgan fingerprint density at radius 3 is 2.46 bits per heavy atom. The molecule has 0 bridgehead atoms. The third kappa shape index (κ3) is 4.02. The van der Waals surface area contributed by atoms with Gasteiger partial charge < -0.3 is 4.74 Å². The largest absolute Gasteiger partial charge is 0.492 e. The summed E-state index contributed by atoms with van der Waals surface area (Å²) in [6, 6.07) is 16.9. The standard InChI is InChI=1S/C18H15N3O3S2/c19-14-15-6-8-16(9-7-15)24-12-11-21(18-20-10-13-25-18)26(22,23)17-4-2-1-3-5-17/h1-10,13H,11-12H2. The van der Waals surface area contributed by atoms with Crippen molar-refractivity contribution in [2.45, 2.75) is 4.90 Å². The van der Waals surface area contributed by atoms with E-state index in [1.165, 1.54) is 15.6 Å². The van der Waals surface area contributed by atoms with Crippen LogP contribution in [-0.2, 0) is 10.0 Å². The number of hydrogen-bond donors (Lipinski definition) is 0. The summed E-state index contributed by atoms with van der Waals surface area (Å²) in [5, 5.41) is 10.9. The Kier molecular flexibility index (Phi) is 5.51. The molecule has 132 valence electrons. The number of rotatable bonds is 7. The highest BCUT2D eigenvalue weighted by atomic mass is 32.2. The van der Waals surface area contributed by atoms with Gasteiger partial charge >= 0.3 is 0 Å². The summed E-state index contributed by atoms with van der Waals surface area (Å²) in [5.74, 6) is 0.570. The molecular formula is C18H15N3O3S2. The van der Waals surface area contributed by atoms with Crippen molar-refractivity contribution >= 4 is 26.5 Å². The van der Waals surface area contributed by atoms with Crippen molar-refractivity contribution in [3.05, 3.63) is 71.7 Å². The minimum Gasteiger partial charge on any atom is -0.492 e. The fraction of sp³-hybridized carbons (Fsp3) is 0.111. The fourth-order valence-corrected chi connectivity index (χ4v) is 4.57. The van der Waals surface area contributed by atoms with Crippen LogP contribution in [-0.4, -0.2) is 26.6 Å². The van der Waals surface area contributed by atoms with E-state index in [4.69, 9.17) is 10.00 Å². The lowest BCUT2D eigenvalue weighted by Gasteiger charge is -2.21. The number of hydrogen-bond acceptors (Lipinski definition) is 6. The summed E-state index contributed by atoms with van der Waals surface area (Å²) in [6.07, 6.45) is 1.56. The van der Waals surface area contributed by atoms with Gasteiger partial charge in [0.25, 0.3) is 10.0 Å². The van der Waals surface area contributed by atoms with Crippen LogP contribution in [0.2, 0.25) is 0 Å². The lowest BCUT2D eigenvalue weighted by Crippen LogP contribution is -2.34. The molecule has 26 heavy (non-hydrogen) atoms. The third-order valence-corrected chi connectivity index (χ3v) is 6.22. The highest BCUT2D eigenvalue weighted by molar-refractivity contribution is 7.93. The summed E-state index contributed by atoms with van der Waals surface area (Å²) in [6.45, 7) is 0.266. The minimum atomic E-state index is -3.73. The number of nitriles is 1. The Hall–Kier alpha value is -2.89. The molecule has 1 heterocycles. The molecule has 2 aromatic carbocycles. The predicted molar refractivity (Wildman–Crippen MR) is 99.7 cm³/mol. The lowest BCUT2D eigenvalue weighted by molar-refractivity contribution is 0.328. The Labute approximate surface area is 156 Å². The molecule has 0 radical (unpaired) electrons. The number of ether oxygens (including phenoxy) is 1. The molecule has 0 saturated carbocycles. The highest BCUT2D eigenvalue weighted by Gasteiger charge is 2.26. The highest BCUT2D eigenvalue weighted by Crippen LogP contribution is 2.25. The number of aromatic nitrogens is 1. The fourth-order valence-electron chi connectivity index (χ4n) is 2.25. The van der Waals surface area contributed by atoms with Crippen LogP contribution in [0.25, 0.3) is 0 Å². The van der Waals surface area contributed by atoms with E-state index in [9.17, 15) is 8.42 Å². The molecule has 0 N–H and O–H groups in total. The Morgan fingerprint density at radius 1 is 1.12 bits per heavy atom. The normalized spacial score (nSPS) is 10.9. The molecule has 6 nitrogen and oxygen atoms in total. The molecule has 0 amide bonds. The van der Waals surface area contributed by atoms with Crippen LogP contribution in [0.4, 0.5) is 5.13 Å². The van der Waals surface area contributed by atoms with E-state index in [2.05, 4.69) is 4.98 Å². The zero-order valence-electron chi connectivity index (χ0n) is 13.6. The maximum atomic E-state index is 13.0. The minimum absolute atomic E-state index is 0.116. The summed E-state index contributed by atoms with van der Waals surface area (Å²) in [4.78, 5) is 4.33. The number of thiazole rings is 1. The van der Waals surface area contributed by atoms with E-state index in [1.54, 1.807) is 66.2 Å². The van der Waals surface area contributed by atoms with Crippen molar-refractivity contribution in [3.8, 4) is 11.8 Å². The number of benzene rings is 2. The van der Waals surface area contributed by atoms with E-state index in [0.29, 0.717) is 16.4 Å². The van der Waals surface area contributed by atoms with Gasteiger partial charge in [0.15, 0.2) is 5.13 Å². The lowest BCUT2D eigenvalue weighted by atomic mass is 10.2. The predicted octanol–water partition coefficient (Wildman–Crippen LogP) is 3.29. The molecule has 8 heteroatoms. The molecule has 0 aliphatic rings. The van der Waals surface area contributed by atoms with Gasteiger partial charge in [-0.15, -0.1) is 11.3 Å². The van der Waals surface area contributed by atoms with Crippen molar-refractivity contribution in [3.63, 3.8) is 0 Å². The average molecular weight is 385 g/mol. The van der Waals surface area contributed by atoms with E-state index in [-0.39, 0.29) is 18.0 Å². The maximum Gasteiger partial charge on any atom is 0.266 e. The molecule has 0 aliphatic heterocycles. The van der Waals surface area contributed by atoms with Crippen LogP contribution in [0.1, 0.15) is 5.56 Å². The van der Waals surface area contributed by atoms with E-state index >= 15 is 0 Å². The van der Waals surface area contributed by atoms with Gasteiger partial charge in [-0.3, -0.25) is 0 Å². The van der Waals surface area contributed by atoms with Crippen molar-refractivity contribution in [1.82, 2.24) is 4.98 Å². The Morgan fingerprint density at radius 2 is 1.85 bits per heavy atom. The molecule has 0 fully saturated rings. The first-order valence-corrected chi connectivity index (χ1v) is 10.0. The summed E-state index contributed by atoms with van der Waals surface area (Å²) in [5.41, 5.74) is 0.536.